The van der Waals surface area contributed by atoms with Crippen molar-refractivity contribution in [2.24, 2.45) is 0 Å². The second kappa shape index (κ2) is 6.11. The first kappa shape index (κ1) is 16.6. The largest absolute Gasteiger partial charge is 0.397 e. The number of anilines is 1. The number of aromatic nitrogens is 4. The molecule has 0 aromatic carbocycles. The van der Waals surface area contributed by atoms with Gasteiger partial charge in [-0.15, -0.1) is 5.10 Å². The average molecular weight is 364 g/mol. The fourth-order valence-corrected chi connectivity index (χ4v) is 3.32. The van der Waals surface area contributed by atoms with Gasteiger partial charge in [-0.1, -0.05) is 0 Å². The summed E-state index contributed by atoms with van der Waals surface area (Å²) in [6.45, 7) is 0.949. The lowest BCUT2D eigenvalue weighted by atomic mass is 10.1. The smallest absolute Gasteiger partial charge is 0.352 e. The van der Waals surface area contributed by atoms with Crippen molar-refractivity contribution < 1.29 is 18.0 Å². The van der Waals surface area contributed by atoms with Gasteiger partial charge in [0, 0.05) is 47.7 Å². The van der Waals surface area contributed by atoms with E-state index in [4.69, 9.17) is 0 Å². The fourth-order valence-electron chi connectivity index (χ4n) is 3.32. The van der Waals surface area contributed by atoms with E-state index in [1.54, 1.807) is 18.6 Å². The maximum Gasteiger partial charge on any atom is 0.397 e. The Hall–Kier alpha value is -2.91. The first-order valence-corrected chi connectivity index (χ1v) is 8.09. The molecular weight excluding hydrogens is 349 g/mol. The van der Waals surface area contributed by atoms with Gasteiger partial charge < -0.3 is 15.2 Å². The zero-order valence-corrected chi connectivity index (χ0v) is 13.5. The van der Waals surface area contributed by atoms with E-state index >= 15 is 0 Å². The molecule has 0 saturated carbocycles. The summed E-state index contributed by atoms with van der Waals surface area (Å²) in [7, 11) is 0. The molecule has 1 atom stereocenters. The van der Waals surface area contributed by atoms with Crippen LogP contribution in [0.25, 0.3) is 21.8 Å². The number of hydrogen-bond acceptors (Lipinski definition) is 5. The molecule has 136 valence electrons. The van der Waals surface area contributed by atoms with Crippen LogP contribution in [0.15, 0.2) is 24.7 Å². The molecule has 1 aliphatic heterocycles. The van der Waals surface area contributed by atoms with Crippen LogP contribution in [-0.2, 0) is 4.79 Å². The van der Waals surface area contributed by atoms with Gasteiger partial charge in [0.1, 0.15) is 12.1 Å². The Bertz CT molecular complexity index is 969. The Morgan fingerprint density at radius 2 is 2.23 bits per heavy atom. The van der Waals surface area contributed by atoms with Crippen molar-refractivity contribution in [3.63, 3.8) is 0 Å². The normalized spacial score (nSPS) is 18.0. The highest BCUT2D eigenvalue weighted by molar-refractivity contribution is 6.10. The number of carbonyl (C=O) groups is 1. The standard InChI is InChI=1S/C16H15F3N6O/c17-16(18,19)5-12(26)23-10-2-4-25(8-10)15-13-9(7-22-24-15)6-21-14-11(13)1-3-20-14/h1,3,6-7,10H,2,4-5,8H2,(H,20,21)(H,23,26). The van der Waals surface area contributed by atoms with Gasteiger partial charge in [-0.25, -0.2) is 4.98 Å². The third-order valence-electron chi connectivity index (χ3n) is 4.40. The molecule has 2 N–H and O–H groups in total. The third-order valence-corrected chi connectivity index (χ3v) is 4.40. The number of amides is 1. The highest BCUT2D eigenvalue weighted by atomic mass is 19.4. The second-order valence-corrected chi connectivity index (χ2v) is 6.29. The maximum absolute atomic E-state index is 12.3. The highest BCUT2D eigenvalue weighted by Crippen LogP contribution is 2.31. The van der Waals surface area contributed by atoms with Crippen LogP contribution >= 0.6 is 0 Å². The topological polar surface area (TPSA) is 86.8 Å². The highest BCUT2D eigenvalue weighted by Gasteiger charge is 2.33. The summed E-state index contributed by atoms with van der Waals surface area (Å²) in [4.78, 5) is 20.8. The first-order chi connectivity index (χ1) is 12.4. The van der Waals surface area contributed by atoms with Crippen LogP contribution in [0.3, 0.4) is 0 Å². The lowest BCUT2D eigenvalue weighted by Crippen LogP contribution is -2.39. The van der Waals surface area contributed by atoms with Gasteiger partial charge in [0.15, 0.2) is 5.82 Å². The Balaban J connectivity index is 1.58. The number of alkyl halides is 3. The molecule has 1 amide bonds. The number of nitrogens with zero attached hydrogens (tertiary/aromatic N) is 4. The number of fused-ring (bicyclic) bond motifs is 3. The van der Waals surface area contributed by atoms with E-state index in [9.17, 15) is 18.0 Å². The minimum absolute atomic E-state index is 0.356. The number of aromatic amines is 1. The van der Waals surface area contributed by atoms with Crippen LogP contribution in [0.1, 0.15) is 12.8 Å². The summed E-state index contributed by atoms with van der Waals surface area (Å²) in [5.74, 6) is -0.368. The minimum atomic E-state index is -4.50. The Morgan fingerprint density at radius 3 is 3.04 bits per heavy atom. The van der Waals surface area contributed by atoms with Crippen LogP contribution in [0.4, 0.5) is 19.0 Å². The Morgan fingerprint density at radius 1 is 1.38 bits per heavy atom. The summed E-state index contributed by atoms with van der Waals surface area (Å²) in [6.07, 6.45) is -0.319. The van der Waals surface area contributed by atoms with E-state index in [2.05, 4.69) is 25.5 Å². The quantitative estimate of drug-likeness (QED) is 0.744. The van der Waals surface area contributed by atoms with Crippen LogP contribution in [-0.4, -0.2) is 51.4 Å². The fraction of sp³-hybridized carbons (Fsp3) is 0.375. The van der Waals surface area contributed by atoms with Gasteiger partial charge in [-0.3, -0.25) is 4.79 Å². The molecular formula is C16H15F3N6O. The number of pyridine rings is 1. The number of halogens is 3. The van der Waals surface area contributed by atoms with E-state index in [1.807, 2.05) is 11.0 Å². The molecule has 3 aromatic rings. The lowest BCUT2D eigenvalue weighted by Gasteiger charge is -2.19. The monoisotopic (exact) mass is 364 g/mol. The van der Waals surface area contributed by atoms with Crippen molar-refractivity contribution in [2.45, 2.75) is 25.1 Å². The average Bonchev–Trinajstić information content (AvgIpc) is 3.21. The molecule has 0 radical (unpaired) electrons. The number of nitrogens with one attached hydrogen (secondary N) is 2. The predicted molar refractivity (Wildman–Crippen MR) is 88.6 cm³/mol. The maximum atomic E-state index is 12.3. The first-order valence-electron chi connectivity index (χ1n) is 8.09. The van der Waals surface area contributed by atoms with Gasteiger partial charge in [0.05, 0.1) is 6.20 Å². The third kappa shape index (κ3) is 3.14. The zero-order valence-electron chi connectivity index (χ0n) is 13.5. The van der Waals surface area contributed by atoms with Gasteiger partial charge in [-0.05, 0) is 12.5 Å². The Labute approximate surface area is 145 Å². The second-order valence-electron chi connectivity index (χ2n) is 6.29. The van der Waals surface area contributed by atoms with Crippen molar-refractivity contribution in [1.82, 2.24) is 25.5 Å². The van der Waals surface area contributed by atoms with E-state index in [0.29, 0.717) is 25.3 Å². The molecule has 3 aromatic heterocycles. The minimum Gasteiger partial charge on any atom is -0.352 e. The van der Waals surface area contributed by atoms with Gasteiger partial charge in [0.2, 0.25) is 5.91 Å². The van der Waals surface area contributed by atoms with Crippen LogP contribution in [0.5, 0.6) is 0 Å². The van der Waals surface area contributed by atoms with Gasteiger partial charge >= 0.3 is 6.18 Å². The summed E-state index contributed by atoms with van der Waals surface area (Å²) >= 11 is 0. The lowest BCUT2D eigenvalue weighted by molar-refractivity contribution is -0.154. The Kier molecular flexibility index (Phi) is 3.89. The molecule has 7 nitrogen and oxygen atoms in total. The number of rotatable bonds is 3. The van der Waals surface area contributed by atoms with Crippen molar-refractivity contribution >= 4 is 33.5 Å². The zero-order chi connectivity index (χ0) is 18.3. The van der Waals surface area contributed by atoms with E-state index in [0.717, 1.165) is 21.8 Å². The van der Waals surface area contributed by atoms with Crippen molar-refractivity contribution in [2.75, 3.05) is 18.0 Å². The number of carbonyl (C=O) groups excluding carboxylic acids is 1. The molecule has 1 fully saturated rings. The molecule has 0 aliphatic carbocycles. The molecule has 1 saturated heterocycles. The molecule has 10 heteroatoms. The molecule has 0 spiro atoms. The molecule has 0 bridgehead atoms. The summed E-state index contributed by atoms with van der Waals surface area (Å²) in [5, 5.41) is 13.3. The molecule has 1 aliphatic rings. The summed E-state index contributed by atoms with van der Waals surface area (Å²) < 4.78 is 36.9. The molecule has 4 heterocycles. The number of hydrogen-bond donors (Lipinski definition) is 2. The number of H-pyrrole nitrogens is 1. The van der Waals surface area contributed by atoms with Crippen LogP contribution in [0, 0.1) is 0 Å². The summed E-state index contributed by atoms with van der Waals surface area (Å²) in [6, 6.07) is 1.54. The SMILES string of the molecule is O=C(CC(F)(F)F)NC1CCN(c2nncc3cnc4[nH]ccc4c23)C1. The molecule has 26 heavy (non-hydrogen) atoms. The molecule has 1 unspecified atom stereocenters. The van der Waals surface area contributed by atoms with Crippen molar-refractivity contribution in [3.05, 3.63) is 24.7 Å². The van der Waals surface area contributed by atoms with Crippen LogP contribution < -0.4 is 10.2 Å². The van der Waals surface area contributed by atoms with E-state index in [-0.39, 0.29) is 6.04 Å². The van der Waals surface area contributed by atoms with Crippen molar-refractivity contribution in [3.8, 4) is 0 Å². The van der Waals surface area contributed by atoms with E-state index < -0.39 is 18.5 Å². The summed E-state index contributed by atoms with van der Waals surface area (Å²) in [5.41, 5.74) is 0.723. The van der Waals surface area contributed by atoms with Crippen molar-refractivity contribution in [1.29, 1.82) is 0 Å². The van der Waals surface area contributed by atoms with Gasteiger partial charge in [0.25, 0.3) is 0 Å². The van der Waals surface area contributed by atoms with E-state index in [1.165, 1.54) is 0 Å². The van der Waals surface area contributed by atoms with Gasteiger partial charge in [-0.2, -0.15) is 18.3 Å². The molecule has 4 rings (SSSR count). The predicted octanol–water partition coefficient (Wildman–Crippen LogP) is 2.15. The van der Waals surface area contributed by atoms with Crippen LogP contribution in [0.2, 0.25) is 0 Å².